The summed E-state index contributed by atoms with van der Waals surface area (Å²) in [5.41, 5.74) is 0. The number of nitrogens with one attached hydrogen (secondary N) is 1. The molecule has 0 bridgehead atoms. The lowest BCUT2D eigenvalue weighted by atomic mass is 9.92. The summed E-state index contributed by atoms with van der Waals surface area (Å²) in [6.45, 7) is 7.18. The molecule has 18 heavy (non-hydrogen) atoms. The predicted octanol–water partition coefficient (Wildman–Crippen LogP) is 0.0652. The Morgan fingerprint density at radius 3 is 2.89 bits per heavy atom. The molecule has 5 nitrogen and oxygen atoms in total. The Kier molecular flexibility index (Phi) is 4.22. The molecule has 2 atom stereocenters. The predicted molar refractivity (Wildman–Crippen MR) is 69.0 cm³/mol. The zero-order valence-corrected chi connectivity index (χ0v) is 11.3. The number of rotatable bonds is 2. The minimum atomic E-state index is 0.0345. The highest BCUT2D eigenvalue weighted by Gasteiger charge is 2.30. The summed E-state index contributed by atoms with van der Waals surface area (Å²) in [7, 11) is 0. The summed E-state index contributed by atoms with van der Waals surface area (Å²) < 4.78 is 0. The normalized spacial score (nSPS) is 29.6. The van der Waals surface area contributed by atoms with Crippen LogP contribution >= 0.6 is 0 Å². The third kappa shape index (κ3) is 2.83. The van der Waals surface area contributed by atoms with Crippen LogP contribution in [-0.4, -0.2) is 60.4 Å². The van der Waals surface area contributed by atoms with Gasteiger partial charge in [-0.1, -0.05) is 6.92 Å². The van der Waals surface area contributed by atoms with Crippen molar-refractivity contribution in [1.82, 2.24) is 15.1 Å². The first-order valence-corrected chi connectivity index (χ1v) is 6.87. The van der Waals surface area contributed by atoms with Gasteiger partial charge >= 0.3 is 0 Å². The summed E-state index contributed by atoms with van der Waals surface area (Å²) >= 11 is 0. The second kappa shape index (κ2) is 5.69. The standard InChI is InChI=1S/C13H23N3O2/c1-10-4-3-6-16(11(10)2)13(18)9-15-7-5-14-8-12(15)17/h10-11,14H,3-9H2,1-2H3. The van der Waals surface area contributed by atoms with E-state index in [9.17, 15) is 9.59 Å². The van der Waals surface area contributed by atoms with Crippen molar-refractivity contribution in [3.8, 4) is 0 Å². The minimum absolute atomic E-state index is 0.0345. The van der Waals surface area contributed by atoms with Crippen molar-refractivity contribution in [2.45, 2.75) is 32.7 Å². The van der Waals surface area contributed by atoms with Crippen molar-refractivity contribution in [3.63, 3.8) is 0 Å². The molecule has 0 aromatic carbocycles. The number of hydrogen-bond acceptors (Lipinski definition) is 3. The average Bonchev–Trinajstić information content (AvgIpc) is 2.35. The van der Waals surface area contributed by atoms with Gasteiger partial charge in [-0.15, -0.1) is 0 Å². The van der Waals surface area contributed by atoms with Crippen LogP contribution in [0.15, 0.2) is 0 Å². The number of piperidine rings is 1. The van der Waals surface area contributed by atoms with E-state index in [1.54, 1.807) is 4.90 Å². The molecule has 2 heterocycles. The van der Waals surface area contributed by atoms with Gasteiger partial charge in [0, 0.05) is 25.7 Å². The molecule has 2 fully saturated rings. The zero-order chi connectivity index (χ0) is 13.1. The Balaban J connectivity index is 1.92. The van der Waals surface area contributed by atoms with Gasteiger partial charge < -0.3 is 15.1 Å². The molecule has 2 aliphatic rings. The minimum Gasteiger partial charge on any atom is -0.338 e. The van der Waals surface area contributed by atoms with E-state index < -0.39 is 0 Å². The summed E-state index contributed by atoms with van der Waals surface area (Å²) in [5, 5.41) is 3.02. The van der Waals surface area contributed by atoms with Gasteiger partial charge in [0.05, 0.1) is 13.1 Å². The molecule has 2 amide bonds. The van der Waals surface area contributed by atoms with Crippen molar-refractivity contribution < 1.29 is 9.59 Å². The molecule has 2 saturated heterocycles. The van der Waals surface area contributed by atoms with Crippen molar-refractivity contribution in [1.29, 1.82) is 0 Å². The van der Waals surface area contributed by atoms with Crippen LogP contribution in [0.25, 0.3) is 0 Å². The second-order valence-corrected chi connectivity index (χ2v) is 5.44. The Morgan fingerprint density at radius 2 is 2.17 bits per heavy atom. The largest absolute Gasteiger partial charge is 0.338 e. The topological polar surface area (TPSA) is 52.7 Å². The van der Waals surface area contributed by atoms with E-state index in [2.05, 4.69) is 19.2 Å². The lowest BCUT2D eigenvalue weighted by Crippen LogP contribution is -2.54. The maximum absolute atomic E-state index is 12.3. The SMILES string of the molecule is CC1CCCN(C(=O)CN2CCNCC2=O)C1C. The molecule has 2 rings (SSSR count). The quantitative estimate of drug-likeness (QED) is 0.757. The molecule has 1 N–H and O–H groups in total. The number of piperazine rings is 1. The lowest BCUT2D eigenvalue weighted by molar-refractivity contribution is -0.143. The van der Waals surface area contributed by atoms with Crippen LogP contribution in [0.5, 0.6) is 0 Å². The van der Waals surface area contributed by atoms with Crippen LogP contribution in [-0.2, 0) is 9.59 Å². The summed E-state index contributed by atoms with van der Waals surface area (Å²) in [6, 6.07) is 0.296. The van der Waals surface area contributed by atoms with Crippen LogP contribution < -0.4 is 5.32 Å². The molecule has 2 unspecified atom stereocenters. The molecule has 0 saturated carbocycles. The monoisotopic (exact) mass is 253 g/mol. The van der Waals surface area contributed by atoms with Crippen LogP contribution in [0.4, 0.5) is 0 Å². The Labute approximate surface area is 108 Å². The van der Waals surface area contributed by atoms with Gasteiger partial charge in [0.2, 0.25) is 11.8 Å². The molecular formula is C13H23N3O2. The number of carbonyl (C=O) groups is 2. The van der Waals surface area contributed by atoms with Gasteiger partial charge in [-0.25, -0.2) is 0 Å². The fraction of sp³-hybridized carbons (Fsp3) is 0.846. The molecule has 0 aromatic heterocycles. The van der Waals surface area contributed by atoms with Crippen LogP contribution in [0.1, 0.15) is 26.7 Å². The van der Waals surface area contributed by atoms with Gasteiger partial charge in [0.25, 0.3) is 0 Å². The first kappa shape index (κ1) is 13.3. The highest BCUT2D eigenvalue weighted by molar-refractivity contribution is 5.86. The fourth-order valence-electron chi connectivity index (χ4n) is 2.75. The van der Waals surface area contributed by atoms with Crippen LogP contribution in [0.3, 0.4) is 0 Å². The Morgan fingerprint density at radius 1 is 1.39 bits per heavy atom. The van der Waals surface area contributed by atoms with Crippen LogP contribution in [0, 0.1) is 5.92 Å². The maximum Gasteiger partial charge on any atom is 0.242 e. The molecule has 5 heteroatoms. The third-order valence-corrected chi connectivity index (χ3v) is 4.21. The summed E-state index contributed by atoms with van der Waals surface area (Å²) in [6.07, 6.45) is 2.27. The van der Waals surface area contributed by atoms with E-state index in [1.807, 2.05) is 4.90 Å². The van der Waals surface area contributed by atoms with Crippen molar-refractivity contribution >= 4 is 11.8 Å². The van der Waals surface area contributed by atoms with E-state index in [4.69, 9.17) is 0 Å². The smallest absolute Gasteiger partial charge is 0.242 e. The summed E-state index contributed by atoms with van der Waals surface area (Å²) in [5.74, 6) is 0.693. The van der Waals surface area contributed by atoms with Gasteiger partial charge in [-0.05, 0) is 25.7 Å². The fourth-order valence-corrected chi connectivity index (χ4v) is 2.75. The number of likely N-dealkylation sites (tertiary alicyclic amines) is 1. The Bertz CT molecular complexity index is 332. The number of amides is 2. The van der Waals surface area contributed by atoms with Gasteiger partial charge in [-0.3, -0.25) is 9.59 Å². The maximum atomic E-state index is 12.3. The van der Waals surface area contributed by atoms with Crippen molar-refractivity contribution in [2.24, 2.45) is 5.92 Å². The first-order chi connectivity index (χ1) is 8.59. The highest BCUT2D eigenvalue weighted by atomic mass is 16.2. The van der Waals surface area contributed by atoms with E-state index in [-0.39, 0.29) is 18.4 Å². The summed E-state index contributed by atoms with van der Waals surface area (Å²) in [4.78, 5) is 27.5. The lowest BCUT2D eigenvalue weighted by Gasteiger charge is -2.39. The van der Waals surface area contributed by atoms with Crippen molar-refractivity contribution in [2.75, 3.05) is 32.7 Å². The molecule has 2 aliphatic heterocycles. The van der Waals surface area contributed by atoms with E-state index in [0.717, 1.165) is 19.5 Å². The van der Waals surface area contributed by atoms with Gasteiger partial charge in [-0.2, -0.15) is 0 Å². The van der Waals surface area contributed by atoms with E-state index >= 15 is 0 Å². The molecule has 0 radical (unpaired) electrons. The third-order valence-electron chi connectivity index (χ3n) is 4.21. The zero-order valence-electron chi connectivity index (χ0n) is 11.3. The highest BCUT2D eigenvalue weighted by Crippen LogP contribution is 2.22. The Hall–Kier alpha value is -1.10. The number of hydrogen-bond donors (Lipinski definition) is 1. The number of carbonyl (C=O) groups excluding carboxylic acids is 2. The molecule has 0 spiro atoms. The first-order valence-electron chi connectivity index (χ1n) is 6.87. The van der Waals surface area contributed by atoms with Gasteiger partial charge in [0.15, 0.2) is 0 Å². The number of nitrogens with zero attached hydrogens (tertiary/aromatic N) is 2. The second-order valence-electron chi connectivity index (χ2n) is 5.44. The van der Waals surface area contributed by atoms with Crippen molar-refractivity contribution in [3.05, 3.63) is 0 Å². The molecule has 0 aliphatic carbocycles. The molecular weight excluding hydrogens is 230 g/mol. The van der Waals surface area contributed by atoms with Gasteiger partial charge in [0.1, 0.15) is 0 Å². The van der Waals surface area contributed by atoms with Crippen LogP contribution in [0.2, 0.25) is 0 Å². The van der Waals surface area contributed by atoms with E-state index in [1.165, 1.54) is 6.42 Å². The van der Waals surface area contributed by atoms with E-state index in [0.29, 0.717) is 25.0 Å². The molecule has 0 aromatic rings. The average molecular weight is 253 g/mol. The molecule has 102 valence electrons.